The van der Waals surface area contributed by atoms with E-state index >= 15 is 0 Å². The number of nitrogens with one attached hydrogen (secondary N) is 2. The van der Waals surface area contributed by atoms with Gasteiger partial charge in [0.05, 0.1) is 6.54 Å². The lowest BCUT2D eigenvalue weighted by molar-refractivity contribution is -0.122. The van der Waals surface area contributed by atoms with Crippen molar-refractivity contribution in [1.82, 2.24) is 15.5 Å². The van der Waals surface area contributed by atoms with Gasteiger partial charge in [0.2, 0.25) is 5.91 Å². The largest absolute Gasteiger partial charge is 0.358 e. The minimum Gasteiger partial charge on any atom is -0.358 e. The van der Waals surface area contributed by atoms with Gasteiger partial charge in [0.15, 0.2) is 0 Å². The normalized spacial score (nSPS) is 18.7. The number of amides is 1. The topological polar surface area (TPSA) is 44.4 Å². The Morgan fingerprint density at radius 1 is 1.30 bits per heavy atom. The van der Waals surface area contributed by atoms with Crippen LogP contribution in [0, 0.1) is 0 Å². The van der Waals surface area contributed by atoms with Gasteiger partial charge in [-0.2, -0.15) is 0 Å². The number of benzene rings is 1. The zero-order valence-corrected chi connectivity index (χ0v) is 12.4. The molecule has 1 unspecified atom stereocenters. The molecule has 4 nitrogen and oxygen atoms in total. The molecule has 1 aromatic carbocycles. The molecule has 1 heterocycles. The van der Waals surface area contributed by atoms with Crippen molar-refractivity contribution in [3.05, 3.63) is 35.9 Å². The predicted octanol–water partition coefficient (Wildman–Crippen LogP) is 1.55. The van der Waals surface area contributed by atoms with Crippen molar-refractivity contribution in [2.75, 3.05) is 26.7 Å². The lowest BCUT2D eigenvalue weighted by Gasteiger charge is -2.33. The minimum absolute atomic E-state index is 0.106. The van der Waals surface area contributed by atoms with Crippen LogP contribution >= 0.6 is 0 Å². The molecule has 1 atom stereocenters. The van der Waals surface area contributed by atoms with E-state index in [0.717, 1.165) is 25.9 Å². The van der Waals surface area contributed by atoms with Crippen LogP contribution in [0.2, 0.25) is 0 Å². The number of nitrogens with zero attached hydrogens (tertiary/aromatic N) is 1. The van der Waals surface area contributed by atoms with Crippen LogP contribution < -0.4 is 10.6 Å². The van der Waals surface area contributed by atoms with Crippen molar-refractivity contribution >= 4 is 5.91 Å². The molecule has 110 valence electrons. The van der Waals surface area contributed by atoms with Crippen LogP contribution in [0.5, 0.6) is 0 Å². The summed E-state index contributed by atoms with van der Waals surface area (Å²) < 4.78 is 0. The summed E-state index contributed by atoms with van der Waals surface area (Å²) in [7, 11) is 1.69. The van der Waals surface area contributed by atoms with Crippen molar-refractivity contribution in [3.8, 4) is 0 Å². The van der Waals surface area contributed by atoms with Crippen LogP contribution in [0.15, 0.2) is 30.3 Å². The molecule has 1 aliphatic rings. The lowest BCUT2D eigenvalue weighted by atomic mass is 10.0. The predicted molar refractivity (Wildman–Crippen MR) is 81.5 cm³/mol. The average molecular weight is 275 g/mol. The van der Waals surface area contributed by atoms with E-state index in [1.165, 1.54) is 5.56 Å². The second-order valence-electron chi connectivity index (χ2n) is 5.52. The number of hydrogen-bond donors (Lipinski definition) is 2. The fraction of sp³-hybridized carbons (Fsp3) is 0.562. The zero-order chi connectivity index (χ0) is 14.4. The highest BCUT2D eigenvalue weighted by molar-refractivity contribution is 5.77. The van der Waals surface area contributed by atoms with Crippen LogP contribution in [-0.4, -0.2) is 43.5 Å². The van der Waals surface area contributed by atoms with Gasteiger partial charge in [-0.15, -0.1) is 0 Å². The molecule has 0 spiro atoms. The van der Waals surface area contributed by atoms with Gasteiger partial charge in [-0.25, -0.2) is 0 Å². The molecule has 2 N–H and O–H groups in total. The molecule has 0 radical (unpaired) electrons. The molecule has 1 amide bonds. The number of likely N-dealkylation sites (tertiary alicyclic amines) is 1. The molecule has 4 heteroatoms. The number of carbonyl (C=O) groups excluding carboxylic acids is 1. The number of rotatable bonds is 5. The minimum atomic E-state index is 0.106. The summed E-state index contributed by atoms with van der Waals surface area (Å²) in [5.74, 6) is 0.106. The highest BCUT2D eigenvalue weighted by Gasteiger charge is 2.21. The molecule has 0 saturated carbocycles. The van der Waals surface area contributed by atoms with E-state index in [4.69, 9.17) is 0 Å². The maximum atomic E-state index is 11.4. The smallest absolute Gasteiger partial charge is 0.233 e. The molecule has 1 fully saturated rings. The molecule has 0 aliphatic carbocycles. The molecule has 0 bridgehead atoms. The van der Waals surface area contributed by atoms with Crippen LogP contribution in [0.4, 0.5) is 0 Å². The van der Waals surface area contributed by atoms with Gasteiger partial charge < -0.3 is 10.6 Å². The maximum absolute atomic E-state index is 11.4. The summed E-state index contributed by atoms with van der Waals surface area (Å²) in [5, 5.41) is 6.38. The molecular weight excluding hydrogens is 250 g/mol. The number of likely N-dealkylation sites (N-methyl/N-ethyl adjacent to an activating group) is 1. The Morgan fingerprint density at radius 2 is 1.95 bits per heavy atom. The van der Waals surface area contributed by atoms with Gasteiger partial charge in [0, 0.05) is 32.2 Å². The summed E-state index contributed by atoms with van der Waals surface area (Å²) in [6, 6.07) is 11.5. The third kappa shape index (κ3) is 4.32. The fourth-order valence-corrected chi connectivity index (χ4v) is 2.73. The Bertz CT molecular complexity index is 413. The fourth-order valence-electron chi connectivity index (χ4n) is 2.73. The van der Waals surface area contributed by atoms with E-state index in [9.17, 15) is 4.79 Å². The van der Waals surface area contributed by atoms with Gasteiger partial charge in [-0.05, 0) is 25.3 Å². The molecule has 20 heavy (non-hydrogen) atoms. The first-order valence-electron chi connectivity index (χ1n) is 7.43. The Hall–Kier alpha value is -1.39. The molecule has 0 aromatic heterocycles. The van der Waals surface area contributed by atoms with Crippen LogP contribution in [0.1, 0.15) is 31.4 Å². The van der Waals surface area contributed by atoms with Gasteiger partial charge in [0.25, 0.3) is 0 Å². The molecule has 1 saturated heterocycles. The summed E-state index contributed by atoms with van der Waals surface area (Å²) in [6.45, 7) is 4.73. The number of piperidine rings is 1. The second-order valence-corrected chi connectivity index (χ2v) is 5.52. The van der Waals surface area contributed by atoms with E-state index in [1.54, 1.807) is 7.05 Å². The first kappa shape index (κ1) is 15.0. The van der Waals surface area contributed by atoms with Gasteiger partial charge in [-0.3, -0.25) is 9.69 Å². The highest BCUT2D eigenvalue weighted by atomic mass is 16.1. The summed E-state index contributed by atoms with van der Waals surface area (Å²) in [6.07, 6.45) is 2.21. The summed E-state index contributed by atoms with van der Waals surface area (Å²) >= 11 is 0. The Labute approximate surface area is 121 Å². The van der Waals surface area contributed by atoms with Gasteiger partial charge in [0.1, 0.15) is 0 Å². The SMILES string of the molecule is CNC(=O)CN1CCC(NC(C)c2ccccc2)CC1. The first-order valence-corrected chi connectivity index (χ1v) is 7.43. The molecule has 1 aliphatic heterocycles. The van der Waals surface area contributed by atoms with Crippen LogP contribution in [0.25, 0.3) is 0 Å². The molecule has 2 rings (SSSR count). The monoisotopic (exact) mass is 275 g/mol. The Morgan fingerprint density at radius 3 is 2.55 bits per heavy atom. The Kier molecular flexibility index (Phi) is 5.56. The van der Waals surface area contributed by atoms with Crippen LogP contribution in [-0.2, 0) is 4.79 Å². The lowest BCUT2D eigenvalue weighted by Crippen LogP contribution is -2.46. The third-order valence-electron chi connectivity index (χ3n) is 4.02. The van der Waals surface area contributed by atoms with Crippen molar-refractivity contribution in [2.24, 2.45) is 0 Å². The molecular formula is C16H25N3O. The van der Waals surface area contributed by atoms with E-state index in [1.807, 2.05) is 6.07 Å². The van der Waals surface area contributed by atoms with Crippen molar-refractivity contribution in [1.29, 1.82) is 0 Å². The number of hydrogen-bond acceptors (Lipinski definition) is 3. The van der Waals surface area contributed by atoms with E-state index < -0.39 is 0 Å². The summed E-state index contributed by atoms with van der Waals surface area (Å²) in [4.78, 5) is 13.6. The van der Waals surface area contributed by atoms with Crippen molar-refractivity contribution in [2.45, 2.75) is 31.8 Å². The first-order chi connectivity index (χ1) is 9.69. The van der Waals surface area contributed by atoms with E-state index in [2.05, 4.69) is 46.7 Å². The standard InChI is InChI=1S/C16H25N3O/c1-13(14-6-4-3-5-7-14)18-15-8-10-19(11-9-15)12-16(20)17-2/h3-7,13,15,18H,8-12H2,1-2H3,(H,17,20). The summed E-state index contributed by atoms with van der Waals surface area (Å²) in [5.41, 5.74) is 1.33. The number of carbonyl (C=O) groups is 1. The van der Waals surface area contributed by atoms with Crippen molar-refractivity contribution in [3.63, 3.8) is 0 Å². The average Bonchev–Trinajstić information content (AvgIpc) is 2.50. The highest BCUT2D eigenvalue weighted by Crippen LogP contribution is 2.17. The van der Waals surface area contributed by atoms with E-state index in [-0.39, 0.29) is 5.91 Å². The second kappa shape index (κ2) is 7.41. The van der Waals surface area contributed by atoms with Crippen molar-refractivity contribution < 1.29 is 4.79 Å². The molecule has 1 aromatic rings. The quantitative estimate of drug-likeness (QED) is 0.857. The van der Waals surface area contributed by atoms with E-state index in [0.29, 0.717) is 18.6 Å². The Balaban J connectivity index is 1.76. The van der Waals surface area contributed by atoms with Crippen LogP contribution in [0.3, 0.4) is 0 Å². The zero-order valence-electron chi connectivity index (χ0n) is 12.4. The third-order valence-corrected chi connectivity index (χ3v) is 4.02. The van der Waals surface area contributed by atoms with Gasteiger partial charge in [-0.1, -0.05) is 30.3 Å². The van der Waals surface area contributed by atoms with Gasteiger partial charge >= 0.3 is 0 Å². The maximum Gasteiger partial charge on any atom is 0.233 e.